The van der Waals surface area contributed by atoms with E-state index in [0.29, 0.717) is 11.4 Å². The number of hydrogen-bond acceptors (Lipinski definition) is 4. The fraction of sp³-hybridized carbons (Fsp3) is 0.583. The number of piperidine rings is 1. The summed E-state index contributed by atoms with van der Waals surface area (Å²) in [6.45, 7) is 7.37. The average Bonchev–Trinajstić information content (AvgIpc) is 2.28. The van der Waals surface area contributed by atoms with Crippen LogP contribution >= 0.6 is 0 Å². The summed E-state index contributed by atoms with van der Waals surface area (Å²) in [7, 11) is 0. The lowest BCUT2D eigenvalue weighted by Gasteiger charge is -2.32. The van der Waals surface area contributed by atoms with Crippen LogP contribution in [0.5, 0.6) is 0 Å². The average molecular weight is 235 g/mol. The number of nitro groups is 1. The minimum Gasteiger partial charge on any atom is -0.354 e. The number of allylic oxidation sites excluding steroid dienone is 1. The zero-order valence-corrected chi connectivity index (χ0v) is 10.1. The molecule has 0 amide bonds. The zero-order valence-electron chi connectivity index (χ0n) is 10.1. The van der Waals surface area contributed by atoms with Gasteiger partial charge in [0.2, 0.25) is 0 Å². The second kappa shape index (κ2) is 4.69. The van der Waals surface area contributed by atoms with Crippen molar-refractivity contribution >= 4 is 5.84 Å². The standard InChI is InChI=1S/C12H17N3O2/c1-9-8-10(2)13-12(11(9)15(16)17)14-6-4-3-5-7-14/h8,11H,1,3-7H2,2H3. The van der Waals surface area contributed by atoms with Crippen LogP contribution in [0, 0.1) is 10.1 Å². The van der Waals surface area contributed by atoms with Crippen molar-refractivity contribution in [2.75, 3.05) is 13.1 Å². The number of likely N-dealkylation sites (tertiary alicyclic amines) is 1. The minimum atomic E-state index is -0.864. The van der Waals surface area contributed by atoms with E-state index in [1.807, 2.05) is 11.8 Å². The lowest BCUT2D eigenvalue weighted by Crippen LogP contribution is -2.47. The van der Waals surface area contributed by atoms with Crippen LogP contribution in [-0.4, -0.2) is 34.8 Å². The van der Waals surface area contributed by atoms with Gasteiger partial charge >= 0.3 is 0 Å². The molecule has 1 unspecified atom stereocenters. The van der Waals surface area contributed by atoms with Gasteiger partial charge in [-0.15, -0.1) is 0 Å². The van der Waals surface area contributed by atoms with Crippen LogP contribution in [0.25, 0.3) is 0 Å². The molecule has 0 aromatic carbocycles. The molecule has 92 valence electrons. The van der Waals surface area contributed by atoms with E-state index < -0.39 is 6.04 Å². The van der Waals surface area contributed by atoms with Gasteiger partial charge in [-0.05, 0) is 32.3 Å². The summed E-state index contributed by atoms with van der Waals surface area (Å²) >= 11 is 0. The third-order valence-electron chi connectivity index (χ3n) is 3.17. The molecule has 0 bridgehead atoms. The van der Waals surface area contributed by atoms with Crippen LogP contribution in [0.3, 0.4) is 0 Å². The molecule has 2 rings (SSSR count). The van der Waals surface area contributed by atoms with Gasteiger partial charge in [0.1, 0.15) is 0 Å². The summed E-state index contributed by atoms with van der Waals surface area (Å²) in [6.07, 6.45) is 5.06. The molecule has 0 N–H and O–H groups in total. The van der Waals surface area contributed by atoms with Crippen LogP contribution in [0.15, 0.2) is 28.9 Å². The van der Waals surface area contributed by atoms with Crippen molar-refractivity contribution in [1.29, 1.82) is 0 Å². The highest BCUT2D eigenvalue weighted by Crippen LogP contribution is 2.22. The summed E-state index contributed by atoms with van der Waals surface area (Å²) in [5, 5.41) is 11.1. The van der Waals surface area contributed by atoms with Crippen LogP contribution in [0.4, 0.5) is 0 Å². The first-order valence-corrected chi connectivity index (χ1v) is 5.93. The molecule has 1 saturated heterocycles. The molecular formula is C12H17N3O2. The van der Waals surface area contributed by atoms with Crippen molar-refractivity contribution in [1.82, 2.24) is 4.90 Å². The first kappa shape index (κ1) is 11.8. The smallest absolute Gasteiger partial charge is 0.294 e. The Kier molecular flexibility index (Phi) is 3.26. The van der Waals surface area contributed by atoms with Crippen molar-refractivity contribution in [3.63, 3.8) is 0 Å². The normalized spacial score (nSPS) is 25.4. The lowest BCUT2D eigenvalue weighted by atomic mass is 10.0. The van der Waals surface area contributed by atoms with E-state index in [2.05, 4.69) is 11.6 Å². The van der Waals surface area contributed by atoms with Crippen molar-refractivity contribution in [3.8, 4) is 0 Å². The Morgan fingerprint density at radius 1 is 1.47 bits per heavy atom. The molecule has 0 radical (unpaired) electrons. The van der Waals surface area contributed by atoms with Gasteiger partial charge in [-0.25, -0.2) is 4.99 Å². The van der Waals surface area contributed by atoms with Gasteiger partial charge < -0.3 is 4.90 Å². The number of rotatable bonds is 1. The Morgan fingerprint density at radius 3 is 2.71 bits per heavy atom. The molecule has 0 saturated carbocycles. The summed E-state index contributed by atoms with van der Waals surface area (Å²) in [6, 6.07) is -0.864. The fourth-order valence-corrected chi connectivity index (χ4v) is 2.38. The number of nitrogens with zero attached hydrogens (tertiary/aromatic N) is 3. The van der Waals surface area contributed by atoms with Crippen molar-refractivity contribution in [2.24, 2.45) is 4.99 Å². The van der Waals surface area contributed by atoms with E-state index in [0.717, 1.165) is 31.6 Å². The third kappa shape index (κ3) is 2.38. The Hall–Kier alpha value is -1.65. The molecule has 17 heavy (non-hydrogen) atoms. The topological polar surface area (TPSA) is 58.7 Å². The molecule has 2 aliphatic heterocycles. The van der Waals surface area contributed by atoms with Gasteiger partial charge in [0, 0.05) is 29.3 Å². The summed E-state index contributed by atoms with van der Waals surface area (Å²) in [4.78, 5) is 17.2. The minimum absolute atomic E-state index is 0.293. The first-order chi connectivity index (χ1) is 8.09. The second-order valence-corrected chi connectivity index (χ2v) is 4.57. The molecule has 2 heterocycles. The van der Waals surface area contributed by atoms with Crippen LogP contribution in [0.1, 0.15) is 26.2 Å². The SMILES string of the molecule is C=C1C=C(C)N=C(N2CCCCC2)C1[N+](=O)[O-]. The Balaban J connectivity index is 2.29. The maximum Gasteiger partial charge on any atom is 0.294 e. The predicted molar refractivity (Wildman–Crippen MR) is 66.5 cm³/mol. The number of amidine groups is 1. The summed E-state index contributed by atoms with van der Waals surface area (Å²) < 4.78 is 0. The van der Waals surface area contributed by atoms with E-state index in [1.165, 1.54) is 6.42 Å². The van der Waals surface area contributed by atoms with Crippen LogP contribution in [0.2, 0.25) is 0 Å². The number of hydrogen-bond donors (Lipinski definition) is 0. The van der Waals surface area contributed by atoms with Gasteiger partial charge in [0.15, 0.2) is 5.84 Å². The Morgan fingerprint density at radius 2 is 2.12 bits per heavy atom. The Labute approximate surface area is 101 Å². The van der Waals surface area contributed by atoms with Gasteiger partial charge in [0.05, 0.1) is 0 Å². The quantitative estimate of drug-likeness (QED) is 0.516. The molecular weight excluding hydrogens is 218 g/mol. The van der Waals surface area contributed by atoms with E-state index in [-0.39, 0.29) is 4.92 Å². The maximum absolute atomic E-state index is 11.1. The van der Waals surface area contributed by atoms with E-state index >= 15 is 0 Å². The number of aliphatic imine (C=N–C) groups is 1. The molecule has 5 heteroatoms. The fourth-order valence-electron chi connectivity index (χ4n) is 2.38. The van der Waals surface area contributed by atoms with Gasteiger partial charge in [0.25, 0.3) is 6.04 Å². The monoisotopic (exact) mass is 235 g/mol. The second-order valence-electron chi connectivity index (χ2n) is 4.57. The van der Waals surface area contributed by atoms with Crippen LogP contribution < -0.4 is 0 Å². The third-order valence-corrected chi connectivity index (χ3v) is 3.17. The molecule has 2 aliphatic rings. The summed E-state index contributed by atoms with van der Waals surface area (Å²) in [5.41, 5.74) is 1.33. The predicted octanol–water partition coefficient (Wildman–Crippen LogP) is 1.99. The highest BCUT2D eigenvalue weighted by atomic mass is 16.6. The van der Waals surface area contributed by atoms with Crippen LogP contribution in [-0.2, 0) is 0 Å². The molecule has 5 nitrogen and oxygen atoms in total. The van der Waals surface area contributed by atoms with E-state index in [1.54, 1.807) is 6.08 Å². The molecule has 1 fully saturated rings. The highest BCUT2D eigenvalue weighted by molar-refractivity contribution is 5.91. The van der Waals surface area contributed by atoms with Gasteiger partial charge in [-0.1, -0.05) is 6.58 Å². The zero-order chi connectivity index (χ0) is 12.4. The maximum atomic E-state index is 11.1. The highest BCUT2D eigenvalue weighted by Gasteiger charge is 2.36. The van der Waals surface area contributed by atoms with E-state index in [9.17, 15) is 10.1 Å². The lowest BCUT2D eigenvalue weighted by molar-refractivity contribution is -0.493. The summed E-state index contributed by atoms with van der Waals surface area (Å²) in [5.74, 6) is 0.569. The van der Waals surface area contributed by atoms with Gasteiger partial charge in [-0.3, -0.25) is 10.1 Å². The largest absolute Gasteiger partial charge is 0.354 e. The van der Waals surface area contributed by atoms with Crippen molar-refractivity contribution in [3.05, 3.63) is 34.0 Å². The van der Waals surface area contributed by atoms with Crippen molar-refractivity contribution in [2.45, 2.75) is 32.2 Å². The van der Waals surface area contributed by atoms with Gasteiger partial charge in [-0.2, -0.15) is 0 Å². The van der Waals surface area contributed by atoms with E-state index in [4.69, 9.17) is 0 Å². The first-order valence-electron chi connectivity index (χ1n) is 5.93. The molecule has 0 aliphatic carbocycles. The molecule has 0 aromatic heterocycles. The molecule has 0 spiro atoms. The molecule has 1 atom stereocenters. The molecule has 0 aromatic rings. The van der Waals surface area contributed by atoms with Crippen molar-refractivity contribution < 1.29 is 4.92 Å². The Bertz CT molecular complexity index is 406.